The van der Waals surface area contributed by atoms with E-state index in [1.54, 1.807) is 48.2 Å². The van der Waals surface area contributed by atoms with E-state index < -0.39 is 5.60 Å². The van der Waals surface area contributed by atoms with Gasteiger partial charge in [-0.05, 0) is 49.2 Å². The Morgan fingerprint density at radius 2 is 1.89 bits per heavy atom. The Morgan fingerprint density at radius 1 is 1.17 bits per heavy atom. The monoisotopic (exact) mass is 477 g/mol. The minimum atomic E-state index is -0.845. The Kier molecular flexibility index (Phi) is 6.90. The summed E-state index contributed by atoms with van der Waals surface area (Å²) in [5, 5.41) is 11.3. The van der Waals surface area contributed by atoms with Crippen LogP contribution in [0.1, 0.15) is 48.2 Å². The normalized spacial score (nSPS) is 16.4. The highest BCUT2D eigenvalue weighted by Gasteiger charge is 2.39. The molecule has 0 radical (unpaired) electrons. The molecule has 0 spiro atoms. The fraction of sp³-hybridized carbons (Fsp3) is 0.346. The summed E-state index contributed by atoms with van der Waals surface area (Å²) in [5.74, 6) is -0.186. The summed E-state index contributed by atoms with van der Waals surface area (Å²) in [4.78, 5) is 38.0. The van der Waals surface area contributed by atoms with Crippen molar-refractivity contribution >= 4 is 35.1 Å². The quantitative estimate of drug-likeness (QED) is 0.415. The van der Waals surface area contributed by atoms with Crippen LogP contribution in [0, 0.1) is 0 Å². The molecule has 5 N–H and O–H groups in total. The molecule has 2 aromatic rings. The molecule has 1 fully saturated rings. The van der Waals surface area contributed by atoms with E-state index >= 15 is 0 Å². The van der Waals surface area contributed by atoms with E-state index in [0.717, 1.165) is 12.0 Å². The number of likely N-dealkylation sites (tertiary alicyclic amines) is 1. The molecule has 0 unspecified atom stereocenters. The number of hydrogen-bond donors (Lipinski definition) is 3. The number of nitrogen functional groups attached to an aromatic ring is 1. The van der Waals surface area contributed by atoms with Crippen LogP contribution in [0.25, 0.3) is 6.08 Å². The summed E-state index contributed by atoms with van der Waals surface area (Å²) in [6.07, 6.45) is 2.63. The average Bonchev–Trinajstić information content (AvgIpc) is 2.97. The second-order valence-electron chi connectivity index (χ2n) is 9.30. The molecule has 35 heavy (non-hydrogen) atoms. The second-order valence-corrected chi connectivity index (χ2v) is 9.30. The fourth-order valence-corrected chi connectivity index (χ4v) is 4.12. The van der Waals surface area contributed by atoms with Gasteiger partial charge in [0.1, 0.15) is 12.4 Å². The molecular formula is C26H31N5O4. The lowest BCUT2D eigenvalue weighted by Crippen LogP contribution is -2.61. The number of nitrogens with zero attached hydrogens (tertiary/aromatic N) is 3. The summed E-state index contributed by atoms with van der Waals surface area (Å²) in [6, 6.07) is 12.4. The molecule has 2 amide bonds. The number of benzene rings is 2. The van der Waals surface area contributed by atoms with Crippen molar-refractivity contribution in [2.24, 2.45) is 10.7 Å². The van der Waals surface area contributed by atoms with Crippen molar-refractivity contribution in [1.82, 2.24) is 9.96 Å². The molecule has 0 atom stereocenters. The van der Waals surface area contributed by atoms with E-state index in [2.05, 4.69) is 4.99 Å². The molecule has 2 aromatic carbocycles. The van der Waals surface area contributed by atoms with Crippen molar-refractivity contribution in [3.8, 4) is 0 Å². The summed E-state index contributed by atoms with van der Waals surface area (Å²) in [6.45, 7) is 4.89. The Labute approximate surface area is 204 Å². The lowest BCUT2D eigenvalue weighted by atomic mass is 9.95. The largest absolute Gasteiger partial charge is 0.399 e. The van der Waals surface area contributed by atoms with Crippen molar-refractivity contribution in [3.63, 3.8) is 0 Å². The van der Waals surface area contributed by atoms with Gasteiger partial charge >= 0.3 is 0 Å². The topological polar surface area (TPSA) is 134 Å². The van der Waals surface area contributed by atoms with Crippen molar-refractivity contribution in [2.45, 2.75) is 38.9 Å². The molecular weight excluding hydrogens is 446 g/mol. The highest BCUT2D eigenvalue weighted by Crippen LogP contribution is 2.30. The van der Waals surface area contributed by atoms with Crippen LogP contribution in [0.5, 0.6) is 0 Å². The van der Waals surface area contributed by atoms with Crippen molar-refractivity contribution in [2.75, 3.05) is 25.4 Å². The van der Waals surface area contributed by atoms with Crippen molar-refractivity contribution in [1.29, 1.82) is 0 Å². The summed E-state index contributed by atoms with van der Waals surface area (Å²) in [5.41, 5.74) is 14.7. The van der Waals surface area contributed by atoms with Gasteiger partial charge < -0.3 is 21.5 Å². The Bertz CT molecular complexity index is 1180. The van der Waals surface area contributed by atoms with E-state index in [1.807, 2.05) is 19.1 Å². The predicted octanol–water partition coefficient (Wildman–Crippen LogP) is 2.62. The zero-order valence-corrected chi connectivity index (χ0v) is 20.0. The van der Waals surface area contributed by atoms with Crippen LogP contribution in [0.3, 0.4) is 0 Å². The highest BCUT2D eigenvalue weighted by atomic mass is 16.7. The zero-order chi connectivity index (χ0) is 25.2. The summed E-state index contributed by atoms with van der Waals surface area (Å²) < 4.78 is 0. The first-order chi connectivity index (χ1) is 16.6. The number of fused-ring (bicyclic) bond motifs is 1. The molecule has 0 bridgehead atoms. The Hall–Kier alpha value is -3.69. The molecule has 0 saturated carbocycles. The minimum Gasteiger partial charge on any atom is -0.399 e. The van der Waals surface area contributed by atoms with Gasteiger partial charge in [-0.2, -0.15) is 0 Å². The number of β-amino-alcohol motifs (C(OH)–C–C–N with tert-alkyl or cyclic N) is 1. The van der Waals surface area contributed by atoms with Gasteiger partial charge in [0.05, 0.1) is 24.4 Å². The van der Waals surface area contributed by atoms with Crippen LogP contribution < -0.4 is 11.5 Å². The SMILES string of the molecule is CCCN(OCc1ccc(N)cc1)C(=O)C1=Cc2ccc(C(=O)N3CC(C)(O)C3)cc2N=C(N)C1. The van der Waals surface area contributed by atoms with Crippen molar-refractivity contribution < 1.29 is 19.5 Å². The number of hydrogen-bond acceptors (Lipinski definition) is 7. The van der Waals surface area contributed by atoms with Gasteiger partial charge in [-0.1, -0.05) is 25.1 Å². The first-order valence-electron chi connectivity index (χ1n) is 11.6. The molecule has 2 heterocycles. The van der Waals surface area contributed by atoms with Crippen LogP contribution in [-0.4, -0.2) is 58.0 Å². The van der Waals surface area contributed by atoms with Gasteiger partial charge in [0.15, 0.2) is 0 Å². The summed E-state index contributed by atoms with van der Waals surface area (Å²) in [7, 11) is 0. The van der Waals surface area contributed by atoms with Crippen LogP contribution in [0.4, 0.5) is 11.4 Å². The van der Waals surface area contributed by atoms with Gasteiger partial charge in [0, 0.05) is 35.4 Å². The number of amides is 2. The molecule has 0 aromatic heterocycles. The van der Waals surface area contributed by atoms with E-state index in [9.17, 15) is 14.7 Å². The predicted molar refractivity (Wildman–Crippen MR) is 134 cm³/mol. The molecule has 2 aliphatic rings. The number of carbonyl (C=O) groups excluding carboxylic acids is 2. The molecule has 184 valence electrons. The van der Waals surface area contributed by atoms with E-state index in [0.29, 0.717) is 34.6 Å². The second kappa shape index (κ2) is 9.89. The number of carbonyl (C=O) groups is 2. The third-order valence-electron chi connectivity index (χ3n) is 5.89. The number of amidine groups is 1. The van der Waals surface area contributed by atoms with Crippen LogP contribution in [0.15, 0.2) is 53.0 Å². The van der Waals surface area contributed by atoms with E-state index in [1.165, 1.54) is 5.06 Å². The van der Waals surface area contributed by atoms with Crippen LogP contribution >= 0.6 is 0 Å². The third-order valence-corrected chi connectivity index (χ3v) is 5.89. The minimum absolute atomic E-state index is 0.164. The Morgan fingerprint density at radius 3 is 2.54 bits per heavy atom. The number of aliphatic hydroxyl groups is 1. The van der Waals surface area contributed by atoms with Crippen LogP contribution in [-0.2, 0) is 16.2 Å². The number of nitrogens with two attached hydrogens (primary N) is 2. The molecule has 0 aliphatic carbocycles. The Balaban J connectivity index is 1.53. The first kappa shape index (κ1) is 24.4. The standard InChI is InChI=1S/C26H31N5O4/c1-3-10-31(35-14-17-4-8-21(27)9-5-17)25(33)20-11-18-6-7-19(12-22(18)29-23(28)13-20)24(32)30-15-26(2,34)16-30/h4-9,11-12,34H,3,10,13-16,27H2,1-2H3,(H2,28,29). The van der Waals surface area contributed by atoms with Gasteiger partial charge in [-0.25, -0.2) is 10.1 Å². The number of anilines is 1. The number of hydroxylamine groups is 2. The van der Waals surface area contributed by atoms with E-state index in [-0.39, 0.29) is 43.8 Å². The zero-order valence-electron chi connectivity index (χ0n) is 20.0. The molecule has 2 aliphatic heterocycles. The van der Waals surface area contributed by atoms with Gasteiger partial charge in [-0.3, -0.25) is 14.4 Å². The van der Waals surface area contributed by atoms with E-state index in [4.69, 9.17) is 16.3 Å². The number of rotatable bonds is 7. The van der Waals surface area contributed by atoms with Crippen LogP contribution in [0.2, 0.25) is 0 Å². The maximum atomic E-state index is 13.4. The lowest BCUT2D eigenvalue weighted by Gasteiger charge is -2.44. The summed E-state index contributed by atoms with van der Waals surface area (Å²) >= 11 is 0. The smallest absolute Gasteiger partial charge is 0.273 e. The molecule has 1 saturated heterocycles. The highest BCUT2D eigenvalue weighted by molar-refractivity contribution is 6.05. The molecule has 4 rings (SSSR count). The maximum Gasteiger partial charge on any atom is 0.273 e. The lowest BCUT2D eigenvalue weighted by molar-refractivity contribution is -0.187. The molecule has 9 nitrogen and oxygen atoms in total. The van der Waals surface area contributed by atoms with Gasteiger partial charge in [-0.15, -0.1) is 0 Å². The fourth-order valence-electron chi connectivity index (χ4n) is 4.12. The molecule has 9 heteroatoms. The van der Waals surface area contributed by atoms with Gasteiger partial charge in [0.25, 0.3) is 11.8 Å². The average molecular weight is 478 g/mol. The maximum absolute atomic E-state index is 13.4. The van der Waals surface area contributed by atoms with Crippen molar-refractivity contribution in [3.05, 3.63) is 64.7 Å². The third kappa shape index (κ3) is 5.70. The first-order valence-corrected chi connectivity index (χ1v) is 11.6. The number of aliphatic imine (C=N–C) groups is 1. The van der Waals surface area contributed by atoms with Gasteiger partial charge in [0.2, 0.25) is 0 Å².